The Morgan fingerprint density at radius 1 is 1.14 bits per heavy atom. The molecule has 4 heteroatoms. The van der Waals surface area contributed by atoms with Crippen LogP contribution in [-0.2, 0) is 0 Å². The smallest absolute Gasteiger partial charge is 0.257 e. The number of aromatic nitrogens is 1. The van der Waals surface area contributed by atoms with Crippen LogP contribution >= 0.6 is 0 Å². The average Bonchev–Trinajstić information content (AvgIpc) is 3.16. The van der Waals surface area contributed by atoms with Gasteiger partial charge in [-0.1, -0.05) is 30.3 Å². The van der Waals surface area contributed by atoms with E-state index in [4.69, 9.17) is 0 Å². The van der Waals surface area contributed by atoms with Crippen LogP contribution < -0.4 is 0 Å². The Morgan fingerprint density at radius 3 is 2.77 bits per heavy atom. The first-order chi connectivity index (χ1) is 10.8. The van der Waals surface area contributed by atoms with Gasteiger partial charge in [0.2, 0.25) is 0 Å². The summed E-state index contributed by atoms with van der Waals surface area (Å²) in [4.78, 5) is 21.5. The summed E-state index contributed by atoms with van der Waals surface area (Å²) in [6.45, 7) is 1.88. The lowest BCUT2D eigenvalue weighted by atomic mass is 10.1. The van der Waals surface area contributed by atoms with Crippen molar-refractivity contribution in [2.24, 2.45) is 0 Å². The van der Waals surface area contributed by atoms with Gasteiger partial charge in [-0.2, -0.15) is 0 Å². The highest BCUT2D eigenvalue weighted by molar-refractivity contribution is 5.94. The van der Waals surface area contributed by atoms with Crippen LogP contribution in [0, 0.1) is 0 Å². The Kier molecular flexibility index (Phi) is 3.39. The van der Waals surface area contributed by atoms with Crippen molar-refractivity contribution in [3.63, 3.8) is 0 Å². The number of nitrogens with zero attached hydrogens (tertiary/aromatic N) is 3. The Morgan fingerprint density at radius 2 is 2.00 bits per heavy atom. The predicted molar refractivity (Wildman–Crippen MR) is 84.2 cm³/mol. The monoisotopic (exact) mass is 293 g/mol. The lowest BCUT2D eigenvalue weighted by Crippen LogP contribution is -2.35. The van der Waals surface area contributed by atoms with Gasteiger partial charge in [0.05, 0.1) is 5.56 Å². The molecule has 2 atom stereocenters. The fraction of sp³-hybridized carbons (Fsp3) is 0.333. The molecular weight excluding hydrogens is 274 g/mol. The molecule has 0 spiro atoms. The first kappa shape index (κ1) is 13.5. The van der Waals surface area contributed by atoms with E-state index in [1.54, 1.807) is 12.4 Å². The minimum Gasteiger partial charge on any atom is -0.317 e. The maximum Gasteiger partial charge on any atom is 0.257 e. The number of pyridine rings is 1. The molecule has 112 valence electrons. The van der Waals surface area contributed by atoms with Gasteiger partial charge in [-0.05, 0) is 30.5 Å². The number of rotatable bonds is 2. The van der Waals surface area contributed by atoms with Crippen LogP contribution in [-0.4, -0.2) is 39.8 Å². The van der Waals surface area contributed by atoms with Crippen LogP contribution in [0.2, 0.25) is 0 Å². The first-order valence-corrected chi connectivity index (χ1v) is 7.86. The quantitative estimate of drug-likeness (QED) is 0.854. The number of hydrogen-bond donors (Lipinski definition) is 0. The summed E-state index contributed by atoms with van der Waals surface area (Å²) in [7, 11) is 0. The van der Waals surface area contributed by atoms with Crippen molar-refractivity contribution in [2.45, 2.75) is 25.0 Å². The van der Waals surface area contributed by atoms with Gasteiger partial charge in [-0.15, -0.1) is 0 Å². The summed E-state index contributed by atoms with van der Waals surface area (Å²) in [6, 6.07) is 14.5. The molecule has 2 aromatic rings. The largest absolute Gasteiger partial charge is 0.317 e. The molecule has 2 fully saturated rings. The number of amides is 1. The molecular formula is C18H19N3O. The fourth-order valence-electron chi connectivity index (χ4n) is 3.73. The van der Waals surface area contributed by atoms with Gasteiger partial charge in [-0.3, -0.25) is 14.7 Å². The summed E-state index contributed by atoms with van der Waals surface area (Å²) < 4.78 is 0. The molecule has 2 aliphatic rings. The number of carbonyl (C=O) groups is 1. The van der Waals surface area contributed by atoms with E-state index in [0.717, 1.165) is 13.1 Å². The van der Waals surface area contributed by atoms with Gasteiger partial charge < -0.3 is 4.90 Å². The predicted octanol–water partition coefficient (Wildman–Crippen LogP) is 2.70. The molecule has 2 aliphatic heterocycles. The Bertz CT molecular complexity index is 659. The molecule has 2 saturated heterocycles. The molecule has 4 rings (SSSR count). The van der Waals surface area contributed by atoms with E-state index in [2.05, 4.69) is 22.0 Å². The normalized spacial score (nSPS) is 24.5. The van der Waals surface area contributed by atoms with Gasteiger partial charge in [0.25, 0.3) is 5.91 Å². The summed E-state index contributed by atoms with van der Waals surface area (Å²) in [5, 5.41) is 0. The highest BCUT2D eigenvalue weighted by Crippen LogP contribution is 2.39. The minimum atomic E-state index is 0.0569. The van der Waals surface area contributed by atoms with E-state index >= 15 is 0 Å². The van der Waals surface area contributed by atoms with Crippen LogP contribution in [0.3, 0.4) is 0 Å². The van der Waals surface area contributed by atoms with E-state index < -0.39 is 0 Å². The van der Waals surface area contributed by atoms with Gasteiger partial charge in [0.15, 0.2) is 0 Å². The van der Waals surface area contributed by atoms with Gasteiger partial charge in [0, 0.05) is 31.5 Å². The summed E-state index contributed by atoms with van der Waals surface area (Å²) in [6.07, 6.45) is 5.83. The molecule has 0 N–H and O–H groups in total. The molecule has 2 unspecified atom stereocenters. The van der Waals surface area contributed by atoms with Crippen LogP contribution in [0.5, 0.6) is 0 Å². The molecule has 22 heavy (non-hydrogen) atoms. The van der Waals surface area contributed by atoms with Crippen molar-refractivity contribution < 1.29 is 4.79 Å². The van der Waals surface area contributed by atoms with Crippen LogP contribution in [0.15, 0.2) is 54.9 Å². The maximum absolute atomic E-state index is 12.9. The molecule has 4 nitrogen and oxygen atoms in total. The van der Waals surface area contributed by atoms with Crippen molar-refractivity contribution in [2.75, 3.05) is 13.1 Å². The van der Waals surface area contributed by atoms with E-state index in [0.29, 0.717) is 11.6 Å². The molecule has 0 radical (unpaired) electrons. The third-order valence-electron chi connectivity index (χ3n) is 4.71. The van der Waals surface area contributed by atoms with Crippen LogP contribution in [0.25, 0.3) is 0 Å². The van der Waals surface area contributed by atoms with Crippen molar-refractivity contribution in [1.29, 1.82) is 0 Å². The summed E-state index contributed by atoms with van der Waals surface area (Å²) >= 11 is 0. The lowest BCUT2D eigenvalue weighted by molar-refractivity contribution is 0.0638. The second-order valence-electron chi connectivity index (χ2n) is 6.02. The average molecular weight is 293 g/mol. The molecule has 1 amide bonds. The molecule has 0 bridgehead atoms. The maximum atomic E-state index is 12.9. The van der Waals surface area contributed by atoms with E-state index in [9.17, 15) is 4.79 Å². The molecule has 1 aromatic carbocycles. The number of fused-ring (bicyclic) bond motifs is 1. The third-order valence-corrected chi connectivity index (χ3v) is 4.71. The summed E-state index contributed by atoms with van der Waals surface area (Å²) in [5.74, 6) is 0.0800. The zero-order valence-electron chi connectivity index (χ0n) is 12.4. The highest BCUT2D eigenvalue weighted by atomic mass is 16.2. The third kappa shape index (κ3) is 2.20. The SMILES string of the molecule is O=C(c1cccnc1)N1CC2CCCN2C1c1ccccc1. The van der Waals surface area contributed by atoms with Crippen molar-refractivity contribution in [3.8, 4) is 0 Å². The summed E-state index contributed by atoms with van der Waals surface area (Å²) in [5.41, 5.74) is 1.87. The Balaban J connectivity index is 1.70. The van der Waals surface area contributed by atoms with E-state index in [1.807, 2.05) is 35.2 Å². The van der Waals surface area contributed by atoms with Crippen molar-refractivity contribution in [1.82, 2.24) is 14.8 Å². The molecule has 3 heterocycles. The Hall–Kier alpha value is -2.20. The van der Waals surface area contributed by atoms with Gasteiger partial charge in [0.1, 0.15) is 6.17 Å². The molecule has 1 aromatic heterocycles. The zero-order valence-corrected chi connectivity index (χ0v) is 12.4. The van der Waals surface area contributed by atoms with Crippen LogP contribution in [0.1, 0.15) is 34.9 Å². The van der Waals surface area contributed by atoms with E-state index in [1.165, 1.54) is 18.4 Å². The standard InChI is InChI=1S/C18H19N3O/c22-18(15-8-4-10-19-12-15)21-13-16-9-5-11-20(16)17(21)14-6-2-1-3-7-14/h1-4,6-8,10,12,16-17H,5,9,11,13H2. The molecule has 0 saturated carbocycles. The first-order valence-electron chi connectivity index (χ1n) is 7.86. The van der Waals surface area contributed by atoms with E-state index in [-0.39, 0.29) is 12.1 Å². The molecule has 0 aliphatic carbocycles. The second-order valence-corrected chi connectivity index (χ2v) is 6.02. The minimum absolute atomic E-state index is 0.0569. The number of carbonyl (C=O) groups excluding carboxylic acids is 1. The van der Waals surface area contributed by atoms with Crippen LogP contribution in [0.4, 0.5) is 0 Å². The van der Waals surface area contributed by atoms with Gasteiger partial charge in [-0.25, -0.2) is 0 Å². The van der Waals surface area contributed by atoms with Crippen molar-refractivity contribution >= 4 is 5.91 Å². The highest BCUT2D eigenvalue weighted by Gasteiger charge is 2.44. The number of benzene rings is 1. The fourth-order valence-corrected chi connectivity index (χ4v) is 3.73. The second kappa shape index (κ2) is 5.54. The lowest BCUT2D eigenvalue weighted by Gasteiger charge is -2.30. The van der Waals surface area contributed by atoms with Crippen molar-refractivity contribution in [3.05, 3.63) is 66.0 Å². The zero-order chi connectivity index (χ0) is 14.9. The number of hydrogen-bond acceptors (Lipinski definition) is 3. The topological polar surface area (TPSA) is 36.4 Å². The van der Waals surface area contributed by atoms with Gasteiger partial charge >= 0.3 is 0 Å². The Labute approximate surface area is 130 Å².